The predicted molar refractivity (Wildman–Crippen MR) is 67.5 cm³/mol. The van der Waals surface area contributed by atoms with Gasteiger partial charge in [-0.2, -0.15) is 0 Å². The van der Waals surface area contributed by atoms with E-state index in [9.17, 15) is 4.79 Å². The van der Waals surface area contributed by atoms with Crippen molar-refractivity contribution in [3.05, 3.63) is 17.7 Å². The van der Waals surface area contributed by atoms with E-state index in [0.717, 1.165) is 31.5 Å². The lowest BCUT2D eigenvalue weighted by atomic mass is 9.81. The van der Waals surface area contributed by atoms with Crippen LogP contribution in [-0.2, 0) is 4.79 Å². The van der Waals surface area contributed by atoms with Gasteiger partial charge in [0.15, 0.2) is 0 Å². The Morgan fingerprint density at radius 3 is 2.44 bits per heavy atom. The first-order valence-corrected chi connectivity index (χ1v) is 7.01. The first kappa shape index (κ1) is 11.8. The maximum Gasteiger partial charge on any atom is 0.306 e. The molecule has 0 aromatic carbocycles. The molecule has 1 aromatic heterocycles. The summed E-state index contributed by atoms with van der Waals surface area (Å²) in [6.45, 7) is 0. The van der Waals surface area contributed by atoms with Gasteiger partial charge in [-0.15, -0.1) is 0 Å². The molecule has 18 heavy (non-hydrogen) atoms. The third-order valence-electron chi connectivity index (χ3n) is 4.62. The van der Waals surface area contributed by atoms with Gasteiger partial charge in [0.2, 0.25) is 0 Å². The zero-order valence-electron chi connectivity index (χ0n) is 10.6. The van der Waals surface area contributed by atoms with E-state index in [1.807, 2.05) is 6.20 Å². The highest BCUT2D eigenvalue weighted by molar-refractivity contribution is 5.70. The second kappa shape index (κ2) is 4.75. The molecule has 0 atom stereocenters. The SMILES string of the molecule is O=C(O)C1CCC(c2ncc(C3CCC3)[nH]2)CC1. The number of nitrogens with zero attached hydrogens (tertiary/aromatic N) is 1. The lowest BCUT2D eigenvalue weighted by molar-refractivity contribution is -0.142. The topological polar surface area (TPSA) is 66.0 Å². The first-order valence-electron chi connectivity index (χ1n) is 7.01. The summed E-state index contributed by atoms with van der Waals surface area (Å²) >= 11 is 0. The van der Waals surface area contributed by atoms with E-state index >= 15 is 0 Å². The molecule has 2 aliphatic rings. The fourth-order valence-electron chi connectivity index (χ4n) is 3.10. The van der Waals surface area contributed by atoms with E-state index in [4.69, 9.17) is 5.11 Å². The zero-order chi connectivity index (χ0) is 12.5. The predicted octanol–water partition coefficient (Wildman–Crippen LogP) is 3.04. The Morgan fingerprint density at radius 1 is 1.17 bits per heavy atom. The fraction of sp³-hybridized carbons (Fsp3) is 0.714. The number of imidazole rings is 1. The van der Waals surface area contributed by atoms with E-state index < -0.39 is 5.97 Å². The van der Waals surface area contributed by atoms with Crippen LogP contribution in [-0.4, -0.2) is 21.0 Å². The van der Waals surface area contributed by atoms with E-state index in [1.54, 1.807) is 0 Å². The van der Waals surface area contributed by atoms with Crippen LogP contribution in [0, 0.1) is 5.92 Å². The van der Waals surface area contributed by atoms with Crippen molar-refractivity contribution in [1.29, 1.82) is 0 Å². The molecule has 2 saturated carbocycles. The molecule has 0 saturated heterocycles. The minimum absolute atomic E-state index is 0.137. The number of carboxylic acids is 1. The Morgan fingerprint density at radius 2 is 1.89 bits per heavy atom. The molecule has 2 fully saturated rings. The molecule has 0 amide bonds. The lowest BCUT2D eigenvalue weighted by Gasteiger charge is -2.25. The third-order valence-corrected chi connectivity index (χ3v) is 4.62. The number of carbonyl (C=O) groups is 1. The molecule has 2 N–H and O–H groups in total. The minimum atomic E-state index is -0.636. The molecular formula is C14H20N2O2. The highest BCUT2D eigenvalue weighted by Gasteiger charge is 2.29. The van der Waals surface area contributed by atoms with Gasteiger partial charge < -0.3 is 10.1 Å². The highest BCUT2D eigenvalue weighted by atomic mass is 16.4. The molecule has 0 radical (unpaired) electrons. The van der Waals surface area contributed by atoms with Crippen LogP contribution < -0.4 is 0 Å². The van der Waals surface area contributed by atoms with Crippen LogP contribution in [0.1, 0.15) is 68.3 Å². The van der Waals surface area contributed by atoms with Gasteiger partial charge in [0.25, 0.3) is 0 Å². The van der Waals surface area contributed by atoms with Gasteiger partial charge in [-0.3, -0.25) is 4.79 Å². The number of carboxylic acid groups (broad SMARTS) is 1. The molecule has 4 heteroatoms. The van der Waals surface area contributed by atoms with Crippen LogP contribution in [0.4, 0.5) is 0 Å². The molecule has 1 aromatic rings. The second-order valence-electron chi connectivity index (χ2n) is 5.74. The first-order chi connectivity index (χ1) is 8.74. The molecule has 0 unspecified atom stereocenters. The Bertz CT molecular complexity index is 429. The Kier molecular flexibility index (Phi) is 3.10. The standard InChI is InChI=1S/C14H20N2O2/c17-14(18)11-6-4-10(5-7-11)13-15-8-12(16-13)9-2-1-3-9/h8-11H,1-7H2,(H,15,16)(H,17,18). The molecule has 0 spiro atoms. The molecule has 1 heterocycles. The summed E-state index contributed by atoms with van der Waals surface area (Å²) in [4.78, 5) is 18.9. The monoisotopic (exact) mass is 248 g/mol. The highest BCUT2D eigenvalue weighted by Crippen LogP contribution is 2.38. The van der Waals surface area contributed by atoms with Crippen LogP contribution in [0.5, 0.6) is 0 Å². The number of aromatic amines is 1. The average Bonchev–Trinajstić information content (AvgIpc) is 2.76. The molecule has 4 nitrogen and oxygen atoms in total. The summed E-state index contributed by atoms with van der Waals surface area (Å²) < 4.78 is 0. The van der Waals surface area contributed by atoms with E-state index in [0.29, 0.717) is 11.8 Å². The maximum absolute atomic E-state index is 10.9. The van der Waals surface area contributed by atoms with Crippen molar-refractivity contribution in [3.8, 4) is 0 Å². The number of rotatable bonds is 3. The van der Waals surface area contributed by atoms with Gasteiger partial charge in [-0.1, -0.05) is 6.42 Å². The minimum Gasteiger partial charge on any atom is -0.481 e. The number of aromatic nitrogens is 2. The van der Waals surface area contributed by atoms with Crippen molar-refractivity contribution in [2.75, 3.05) is 0 Å². The van der Waals surface area contributed by atoms with Crippen molar-refractivity contribution in [2.45, 2.75) is 56.8 Å². The number of hydrogen-bond acceptors (Lipinski definition) is 2. The van der Waals surface area contributed by atoms with E-state index in [2.05, 4.69) is 9.97 Å². The molecule has 2 aliphatic carbocycles. The smallest absolute Gasteiger partial charge is 0.306 e. The van der Waals surface area contributed by atoms with Gasteiger partial charge in [0.1, 0.15) is 5.82 Å². The number of aliphatic carboxylic acids is 1. The van der Waals surface area contributed by atoms with Gasteiger partial charge >= 0.3 is 5.97 Å². The van der Waals surface area contributed by atoms with Gasteiger partial charge in [0.05, 0.1) is 5.92 Å². The van der Waals surface area contributed by atoms with E-state index in [1.165, 1.54) is 25.0 Å². The molecular weight excluding hydrogens is 228 g/mol. The quantitative estimate of drug-likeness (QED) is 0.864. The Hall–Kier alpha value is -1.32. The normalized spacial score (nSPS) is 28.9. The zero-order valence-corrected chi connectivity index (χ0v) is 10.6. The average molecular weight is 248 g/mol. The fourth-order valence-corrected chi connectivity index (χ4v) is 3.10. The lowest BCUT2D eigenvalue weighted by Crippen LogP contribution is -2.21. The van der Waals surface area contributed by atoms with Crippen LogP contribution >= 0.6 is 0 Å². The number of nitrogens with one attached hydrogen (secondary N) is 1. The van der Waals surface area contributed by atoms with E-state index in [-0.39, 0.29) is 5.92 Å². The van der Waals surface area contributed by atoms with Crippen LogP contribution in [0.3, 0.4) is 0 Å². The van der Waals surface area contributed by atoms with Crippen LogP contribution in [0.25, 0.3) is 0 Å². The maximum atomic E-state index is 10.9. The van der Waals surface area contributed by atoms with Gasteiger partial charge in [-0.25, -0.2) is 4.98 Å². The van der Waals surface area contributed by atoms with Crippen LogP contribution in [0.15, 0.2) is 6.20 Å². The van der Waals surface area contributed by atoms with Crippen LogP contribution in [0.2, 0.25) is 0 Å². The summed E-state index contributed by atoms with van der Waals surface area (Å²) in [7, 11) is 0. The van der Waals surface area contributed by atoms with Gasteiger partial charge in [0, 0.05) is 23.7 Å². The van der Waals surface area contributed by atoms with Gasteiger partial charge in [-0.05, 0) is 38.5 Å². The van der Waals surface area contributed by atoms with Crippen molar-refractivity contribution in [2.24, 2.45) is 5.92 Å². The van der Waals surface area contributed by atoms with Crippen molar-refractivity contribution in [3.63, 3.8) is 0 Å². The molecule has 0 aliphatic heterocycles. The molecule has 98 valence electrons. The molecule has 0 bridgehead atoms. The Balaban J connectivity index is 1.62. The number of H-pyrrole nitrogens is 1. The summed E-state index contributed by atoms with van der Waals surface area (Å²) in [6, 6.07) is 0. The third kappa shape index (κ3) is 2.16. The summed E-state index contributed by atoms with van der Waals surface area (Å²) in [5.74, 6) is 1.45. The second-order valence-corrected chi connectivity index (χ2v) is 5.74. The Labute approximate surface area is 107 Å². The molecule has 3 rings (SSSR count). The largest absolute Gasteiger partial charge is 0.481 e. The number of hydrogen-bond donors (Lipinski definition) is 2. The van der Waals surface area contributed by atoms with Crippen molar-refractivity contribution in [1.82, 2.24) is 9.97 Å². The summed E-state index contributed by atoms with van der Waals surface area (Å²) in [5, 5.41) is 8.99. The summed E-state index contributed by atoms with van der Waals surface area (Å²) in [5.41, 5.74) is 1.29. The van der Waals surface area contributed by atoms with Crippen molar-refractivity contribution < 1.29 is 9.90 Å². The summed E-state index contributed by atoms with van der Waals surface area (Å²) in [6.07, 6.45) is 9.38. The van der Waals surface area contributed by atoms with Crippen molar-refractivity contribution >= 4 is 5.97 Å².